The van der Waals surface area contributed by atoms with Gasteiger partial charge in [0, 0.05) is 22.5 Å². The van der Waals surface area contributed by atoms with Crippen molar-refractivity contribution in [1.29, 1.82) is 0 Å². The molecule has 27 heavy (non-hydrogen) atoms. The Kier molecular flexibility index (Phi) is 6.61. The number of amides is 2. The summed E-state index contributed by atoms with van der Waals surface area (Å²) in [6, 6.07) is 14.9. The molecular formula is C22H29N3O2. The molecule has 0 saturated carbocycles. The van der Waals surface area contributed by atoms with Gasteiger partial charge in [-0.15, -0.1) is 0 Å². The van der Waals surface area contributed by atoms with E-state index in [4.69, 9.17) is 0 Å². The predicted octanol–water partition coefficient (Wildman–Crippen LogP) is 4.39. The lowest BCUT2D eigenvalue weighted by Gasteiger charge is -2.20. The van der Waals surface area contributed by atoms with E-state index >= 15 is 0 Å². The molecule has 3 N–H and O–H groups in total. The van der Waals surface area contributed by atoms with Gasteiger partial charge in [0.1, 0.15) is 0 Å². The highest BCUT2D eigenvalue weighted by atomic mass is 16.2. The zero-order chi connectivity index (χ0) is 20.0. The monoisotopic (exact) mass is 367 g/mol. The van der Waals surface area contributed by atoms with Crippen LogP contribution in [0.4, 0.5) is 11.4 Å². The van der Waals surface area contributed by atoms with Gasteiger partial charge in [0.25, 0.3) is 5.91 Å². The molecule has 2 amide bonds. The smallest absolute Gasteiger partial charge is 0.251 e. The summed E-state index contributed by atoms with van der Waals surface area (Å²) in [5.41, 5.74) is 3.07. The number of nitrogens with one attached hydrogen (secondary N) is 3. The van der Waals surface area contributed by atoms with Gasteiger partial charge < -0.3 is 16.0 Å². The second-order valence-corrected chi connectivity index (χ2v) is 7.96. The summed E-state index contributed by atoms with van der Waals surface area (Å²) >= 11 is 0. The molecule has 0 fully saturated rings. The average molecular weight is 367 g/mol. The topological polar surface area (TPSA) is 70.2 Å². The van der Waals surface area contributed by atoms with E-state index in [-0.39, 0.29) is 23.9 Å². The second-order valence-electron chi connectivity index (χ2n) is 7.96. The molecule has 0 saturated heterocycles. The number of carbonyl (C=O) groups excluding carboxylic acids is 2. The standard InChI is InChI=1S/C22H29N3O2/c1-15(2)17-7-6-8-19(13-17)24-20(26)14-23-18-11-9-16(10-12-18)21(27)25-22(3,4)5/h6-13,15,23H,14H2,1-5H3,(H,24,26)(H,25,27). The number of anilines is 2. The van der Waals surface area contributed by atoms with Crippen LogP contribution in [0.2, 0.25) is 0 Å². The van der Waals surface area contributed by atoms with E-state index in [2.05, 4.69) is 35.9 Å². The molecule has 0 heterocycles. The molecule has 0 bridgehead atoms. The van der Waals surface area contributed by atoms with E-state index in [1.54, 1.807) is 24.3 Å². The van der Waals surface area contributed by atoms with Crippen LogP contribution in [0.25, 0.3) is 0 Å². The minimum atomic E-state index is -0.279. The summed E-state index contributed by atoms with van der Waals surface area (Å²) in [7, 11) is 0. The SMILES string of the molecule is CC(C)c1cccc(NC(=O)CNc2ccc(C(=O)NC(C)(C)C)cc2)c1. The van der Waals surface area contributed by atoms with Gasteiger partial charge in [0.15, 0.2) is 0 Å². The lowest BCUT2D eigenvalue weighted by Crippen LogP contribution is -2.40. The van der Waals surface area contributed by atoms with Crippen LogP contribution in [0.1, 0.15) is 56.5 Å². The zero-order valence-electron chi connectivity index (χ0n) is 16.7. The summed E-state index contributed by atoms with van der Waals surface area (Å²) in [5, 5.41) is 8.89. The van der Waals surface area contributed by atoms with Crippen molar-refractivity contribution in [3.8, 4) is 0 Å². The van der Waals surface area contributed by atoms with Crippen LogP contribution < -0.4 is 16.0 Å². The second kappa shape index (κ2) is 8.71. The Morgan fingerprint density at radius 2 is 1.63 bits per heavy atom. The Morgan fingerprint density at radius 1 is 0.963 bits per heavy atom. The molecule has 2 aromatic carbocycles. The molecule has 0 aliphatic heterocycles. The summed E-state index contributed by atoms with van der Waals surface area (Å²) < 4.78 is 0. The van der Waals surface area contributed by atoms with Crippen LogP contribution in [0.5, 0.6) is 0 Å². The van der Waals surface area contributed by atoms with Crippen molar-refractivity contribution in [2.45, 2.75) is 46.1 Å². The Morgan fingerprint density at radius 3 is 2.22 bits per heavy atom. The first-order valence-electron chi connectivity index (χ1n) is 9.20. The molecule has 0 aromatic heterocycles. The van der Waals surface area contributed by atoms with E-state index < -0.39 is 0 Å². The fourth-order valence-corrected chi connectivity index (χ4v) is 2.52. The molecule has 5 heteroatoms. The fraction of sp³-hybridized carbons (Fsp3) is 0.364. The van der Waals surface area contributed by atoms with E-state index in [0.717, 1.165) is 11.4 Å². The van der Waals surface area contributed by atoms with Crippen LogP contribution >= 0.6 is 0 Å². The lowest BCUT2D eigenvalue weighted by molar-refractivity contribution is -0.114. The molecule has 0 aliphatic carbocycles. The minimum absolute atomic E-state index is 0.114. The Bertz CT molecular complexity index is 790. The van der Waals surface area contributed by atoms with Gasteiger partial charge in [-0.1, -0.05) is 26.0 Å². The third-order valence-electron chi connectivity index (χ3n) is 3.93. The first-order chi connectivity index (χ1) is 12.6. The highest BCUT2D eigenvalue weighted by Crippen LogP contribution is 2.18. The Hall–Kier alpha value is -2.82. The lowest BCUT2D eigenvalue weighted by atomic mass is 10.0. The van der Waals surface area contributed by atoms with Crippen molar-refractivity contribution >= 4 is 23.2 Å². The van der Waals surface area contributed by atoms with Gasteiger partial charge >= 0.3 is 0 Å². The summed E-state index contributed by atoms with van der Waals surface area (Å²) in [4.78, 5) is 24.3. The maximum Gasteiger partial charge on any atom is 0.251 e. The molecule has 0 unspecified atom stereocenters. The summed E-state index contributed by atoms with van der Waals surface area (Å²) in [6.45, 7) is 10.2. The predicted molar refractivity (Wildman–Crippen MR) is 111 cm³/mol. The van der Waals surface area contributed by atoms with Crippen molar-refractivity contribution in [1.82, 2.24) is 5.32 Å². The zero-order valence-corrected chi connectivity index (χ0v) is 16.7. The van der Waals surface area contributed by atoms with Gasteiger partial charge in [-0.05, 0) is 68.7 Å². The maximum atomic E-state index is 12.2. The highest BCUT2D eigenvalue weighted by Gasteiger charge is 2.15. The number of hydrogen-bond donors (Lipinski definition) is 3. The summed E-state index contributed by atoms with van der Waals surface area (Å²) in [6.07, 6.45) is 0. The molecule has 0 radical (unpaired) electrons. The van der Waals surface area contributed by atoms with Crippen LogP contribution in [-0.4, -0.2) is 23.9 Å². The number of hydrogen-bond acceptors (Lipinski definition) is 3. The van der Waals surface area contributed by atoms with Crippen molar-refractivity contribution in [2.75, 3.05) is 17.2 Å². The minimum Gasteiger partial charge on any atom is -0.376 e. The van der Waals surface area contributed by atoms with E-state index in [9.17, 15) is 9.59 Å². The summed E-state index contributed by atoms with van der Waals surface area (Å²) in [5.74, 6) is 0.177. The van der Waals surface area contributed by atoms with Gasteiger partial charge in [-0.3, -0.25) is 9.59 Å². The van der Waals surface area contributed by atoms with Gasteiger partial charge in [-0.2, -0.15) is 0 Å². The van der Waals surface area contributed by atoms with E-state index in [0.29, 0.717) is 11.5 Å². The van der Waals surface area contributed by atoms with Crippen LogP contribution in [0.15, 0.2) is 48.5 Å². The van der Waals surface area contributed by atoms with Crippen molar-refractivity contribution in [3.05, 3.63) is 59.7 Å². The Balaban J connectivity index is 1.88. The highest BCUT2D eigenvalue weighted by molar-refractivity contribution is 5.95. The van der Waals surface area contributed by atoms with Crippen molar-refractivity contribution in [2.24, 2.45) is 0 Å². The quantitative estimate of drug-likeness (QED) is 0.709. The van der Waals surface area contributed by atoms with Gasteiger partial charge in [-0.25, -0.2) is 0 Å². The molecule has 0 aliphatic rings. The maximum absolute atomic E-state index is 12.2. The third kappa shape index (κ3) is 6.77. The first kappa shape index (κ1) is 20.5. The molecule has 0 spiro atoms. The van der Waals surface area contributed by atoms with Gasteiger partial charge in [0.2, 0.25) is 5.91 Å². The molecule has 2 rings (SSSR count). The number of carbonyl (C=O) groups is 2. The fourth-order valence-electron chi connectivity index (χ4n) is 2.52. The average Bonchev–Trinajstić information content (AvgIpc) is 2.59. The van der Waals surface area contributed by atoms with Crippen LogP contribution in [-0.2, 0) is 4.79 Å². The van der Waals surface area contributed by atoms with E-state index in [1.807, 2.05) is 39.0 Å². The largest absolute Gasteiger partial charge is 0.376 e. The number of benzene rings is 2. The van der Waals surface area contributed by atoms with Crippen molar-refractivity contribution in [3.63, 3.8) is 0 Å². The Labute approximate surface area is 161 Å². The molecule has 144 valence electrons. The van der Waals surface area contributed by atoms with Gasteiger partial charge in [0.05, 0.1) is 6.54 Å². The number of rotatable bonds is 6. The molecular weight excluding hydrogens is 338 g/mol. The molecule has 2 aromatic rings. The van der Waals surface area contributed by atoms with E-state index in [1.165, 1.54) is 5.56 Å². The van der Waals surface area contributed by atoms with Crippen LogP contribution in [0, 0.1) is 0 Å². The molecule has 5 nitrogen and oxygen atoms in total. The first-order valence-corrected chi connectivity index (χ1v) is 9.20. The van der Waals surface area contributed by atoms with Crippen LogP contribution in [0.3, 0.4) is 0 Å². The van der Waals surface area contributed by atoms with Crippen molar-refractivity contribution < 1.29 is 9.59 Å². The third-order valence-corrected chi connectivity index (χ3v) is 3.93. The molecule has 0 atom stereocenters. The normalized spacial score (nSPS) is 11.2.